The quantitative estimate of drug-likeness (QED) is 0.586. The number of rotatable bonds is 8. The highest BCUT2D eigenvalue weighted by molar-refractivity contribution is 6.33. The molecule has 2 aromatic rings. The number of anilines is 1. The third-order valence-electron chi connectivity index (χ3n) is 5.01. The fourth-order valence-corrected chi connectivity index (χ4v) is 3.54. The van der Waals surface area contributed by atoms with E-state index in [9.17, 15) is 4.79 Å². The Morgan fingerprint density at radius 1 is 1.00 bits per heavy atom. The van der Waals surface area contributed by atoms with Gasteiger partial charge >= 0.3 is 0 Å². The molecule has 0 unspecified atom stereocenters. The van der Waals surface area contributed by atoms with Crippen LogP contribution < -0.4 is 24.6 Å². The average molecular weight is 406 g/mol. The Bertz CT molecular complexity index is 762. The normalized spacial score (nSPS) is 19.1. The van der Waals surface area contributed by atoms with E-state index in [1.807, 2.05) is 42.5 Å². The van der Waals surface area contributed by atoms with Crippen molar-refractivity contribution in [2.45, 2.75) is 0 Å². The van der Waals surface area contributed by atoms with E-state index in [4.69, 9.17) is 21.1 Å². The van der Waals surface area contributed by atoms with Crippen LogP contribution in [0.1, 0.15) is 0 Å². The highest BCUT2D eigenvalue weighted by atomic mass is 35.5. The Morgan fingerprint density at radius 2 is 1.64 bits per heavy atom. The number of hydrogen-bond donors (Lipinski definition) is 3. The molecule has 2 aromatic carbocycles. The lowest BCUT2D eigenvalue weighted by atomic mass is 10.3. The van der Waals surface area contributed by atoms with Crippen LogP contribution in [0.25, 0.3) is 0 Å². The smallest absolute Gasteiger partial charge is 0.279 e. The molecule has 1 aliphatic heterocycles. The van der Waals surface area contributed by atoms with E-state index in [0.717, 1.165) is 44.2 Å². The number of carbonyl (C=O) groups excluding carboxylic acids is 1. The van der Waals surface area contributed by atoms with Crippen molar-refractivity contribution >= 4 is 23.2 Å². The predicted molar refractivity (Wildman–Crippen MR) is 110 cm³/mol. The van der Waals surface area contributed by atoms with Gasteiger partial charge in [-0.15, -0.1) is 0 Å². The van der Waals surface area contributed by atoms with E-state index in [1.165, 1.54) is 9.80 Å². The Morgan fingerprint density at radius 3 is 2.32 bits per heavy atom. The first-order chi connectivity index (χ1) is 13.6. The molecule has 0 bridgehead atoms. The molecule has 0 spiro atoms. The van der Waals surface area contributed by atoms with E-state index < -0.39 is 0 Å². The Balaban J connectivity index is 1.33. The van der Waals surface area contributed by atoms with Crippen LogP contribution in [0.4, 0.5) is 5.69 Å². The van der Waals surface area contributed by atoms with Crippen LogP contribution in [-0.4, -0.2) is 58.9 Å². The summed E-state index contributed by atoms with van der Waals surface area (Å²) in [4.78, 5) is 15.1. The van der Waals surface area contributed by atoms with E-state index in [0.29, 0.717) is 23.9 Å². The minimum atomic E-state index is 0.00869. The molecule has 0 saturated carbocycles. The summed E-state index contributed by atoms with van der Waals surface area (Å²) >= 11 is 6.10. The summed E-state index contributed by atoms with van der Waals surface area (Å²) in [6.45, 7) is 6.17. The maximum atomic E-state index is 12.3. The first-order valence-corrected chi connectivity index (χ1v) is 10.00. The van der Waals surface area contributed by atoms with E-state index in [2.05, 4.69) is 5.32 Å². The molecule has 6 nitrogen and oxygen atoms in total. The van der Waals surface area contributed by atoms with Gasteiger partial charge in [0, 0.05) is 0 Å². The van der Waals surface area contributed by atoms with Gasteiger partial charge in [0.15, 0.2) is 6.54 Å². The van der Waals surface area contributed by atoms with Crippen molar-refractivity contribution in [3.05, 3.63) is 53.6 Å². The lowest BCUT2D eigenvalue weighted by Gasteiger charge is -2.29. The van der Waals surface area contributed by atoms with Crippen LogP contribution >= 0.6 is 11.6 Å². The highest BCUT2D eigenvalue weighted by Gasteiger charge is 2.24. The summed E-state index contributed by atoms with van der Waals surface area (Å²) in [5.74, 6) is 1.70. The van der Waals surface area contributed by atoms with Gasteiger partial charge in [-0.25, -0.2) is 0 Å². The van der Waals surface area contributed by atoms with Crippen LogP contribution in [0, 0.1) is 0 Å². The number of carbonyl (C=O) groups is 1. The second kappa shape index (κ2) is 10.3. The van der Waals surface area contributed by atoms with Gasteiger partial charge in [0.05, 0.1) is 17.8 Å². The number of piperazine rings is 1. The molecule has 28 heavy (non-hydrogen) atoms. The molecule has 0 atom stereocenters. The van der Waals surface area contributed by atoms with Crippen LogP contribution in [0.3, 0.4) is 0 Å². The molecule has 0 aliphatic carbocycles. The van der Waals surface area contributed by atoms with Crippen LogP contribution in [0.2, 0.25) is 5.02 Å². The number of hydrogen-bond acceptors (Lipinski definition) is 3. The zero-order chi connectivity index (χ0) is 19.8. The van der Waals surface area contributed by atoms with Gasteiger partial charge < -0.3 is 24.6 Å². The molecule has 0 aromatic heterocycles. The van der Waals surface area contributed by atoms with E-state index in [-0.39, 0.29) is 5.91 Å². The molecule has 0 radical (unpaired) electrons. The molecular formula is C21H28ClN3O3+2. The maximum Gasteiger partial charge on any atom is 0.279 e. The van der Waals surface area contributed by atoms with E-state index in [1.54, 1.807) is 13.2 Å². The number of quaternary nitrogens is 2. The second-order valence-electron chi connectivity index (χ2n) is 6.98. The van der Waals surface area contributed by atoms with Crippen molar-refractivity contribution in [3.8, 4) is 11.5 Å². The van der Waals surface area contributed by atoms with Gasteiger partial charge in [-0.05, 0) is 36.4 Å². The number of para-hydroxylation sites is 1. The second-order valence-corrected chi connectivity index (χ2v) is 7.39. The summed E-state index contributed by atoms with van der Waals surface area (Å²) in [5, 5.41) is 3.47. The van der Waals surface area contributed by atoms with Crippen LogP contribution in [0.15, 0.2) is 48.5 Å². The SMILES string of the molecule is COc1ccc(OCC[NH+]2CC[NH+](CC(=O)Nc3ccccc3Cl)CC2)cc1. The molecule has 7 heteroatoms. The van der Waals surface area contributed by atoms with Crippen molar-refractivity contribution in [1.82, 2.24) is 0 Å². The molecule has 1 heterocycles. The first-order valence-electron chi connectivity index (χ1n) is 9.62. The summed E-state index contributed by atoms with van der Waals surface area (Å²) < 4.78 is 11.0. The summed E-state index contributed by atoms with van der Waals surface area (Å²) in [5.41, 5.74) is 0.675. The minimum Gasteiger partial charge on any atom is -0.497 e. The zero-order valence-corrected chi connectivity index (χ0v) is 16.9. The lowest BCUT2D eigenvalue weighted by Crippen LogP contribution is -3.28. The van der Waals surface area contributed by atoms with Crippen LogP contribution in [0.5, 0.6) is 11.5 Å². The van der Waals surface area contributed by atoms with Gasteiger partial charge in [-0.2, -0.15) is 0 Å². The van der Waals surface area contributed by atoms with Crippen molar-refractivity contribution in [2.24, 2.45) is 0 Å². The molecule has 150 valence electrons. The monoisotopic (exact) mass is 405 g/mol. The highest BCUT2D eigenvalue weighted by Crippen LogP contribution is 2.20. The predicted octanol–water partition coefficient (Wildman–Crippen LogP) is 0.150. The number of amides is 1. The fourth-order valence-electron chi connectivity index (χ4n) is 3.35. The third kappa shape index (κ3) is 6.12. The fraction of sp³-hybridized carbons (Fsp3) is 0.381. The molecule has 3 N–H and O–H groups in total. The van der Waals surface area contributed by atoms with Crippen LogP contribution in [-0.2, 0) is 4.79 Å². The molecule has 1 aliphatic rings. The van der Waals surface area contributed by atoms with Crippen molar-refractivity contribution in [1.29, 1.82) is 0 Å². The van der Waals surface area contributed by atoms with Gasteiger partial charge in [0.25, 0.3) is 5.91 Å². The molecule has 1 saturated heterocycles. The largest absolute Gasteiger partial charge is 0.497 e. The topological polar surface area (TPSA) is 56.4 Å². The maximum absolute atomic E-state index is 12.3. The number of halogens is 1. The molecular weight excluding hydrogens is 378 g/mol. The standard InChI is InChI=1S/C21H26ClN3O3/c1-27-17-6-8-18(9-7-17)28-15-14-24-10-12-25(13-11-24)16-21(26)23-20-5-3-2-4-19(20)22/h2-9H,10-16H2,1H3,(H,23,26)/p+2. The zero-order valence-electron chi connectivity index (χ0n) is 16.2. The number of methoxy groups -OCH3 is 1. The Hall–Kier alpha value is -2.28. The van der Waals surface area contributed by atoms with Crippen molar-refractivity contribution < 1.29 is 24.1 Å². The number of ether oxygens (including phenoxy) is 2. The minimum absolute atomic E-state index is 0.00869. The molecule has 1 amide bonds. The average Bonchev–Trinajstić information content (AvgIpc) is 2.71. The molecule has 1 fully saturated rings. The number of benzene rings is 2. The Labute approximate surface area is 171 Å². The van der Waals surface area contributed by atoms with Crippen molar-refractivity contribution in [3.63, 3.8) is 0 Å². The molecule has 3 rings (SSSR count). The van der Waals surface area contributed by atoms with Gasteiger partial charge in [-0.1, -0.05) is 23.7 Å². The van der Waals surface area contributed by atoms with Crippen molar-refractivity contribution in [2.75, 3.05) is 58.3 Å². The Kier molecular flexibility index (Phi) is 7.54. The lowest BCUT2D eigenvalue weighted by molar-refractivity contribution is -1.01. The first kappa shape index (κ1) is 20.5. The summed E-state index contributed by atoms with van der Waals surface area (Å²) in [6.07, 6.45) is 0. The van der Waals surface area contributed by atoms with Gasteiger partial charge in [0.1, 0.15) is 50.8 Å². The van der Waals surface area contributed by atoms with Gasteiger partial charge in [-0.3, -0.25) is 4.79 Å². The third-order valence-corrected chi connectivity index (χ3v) is 5.34. The summed E-state index contributed by atoms with van der Waals surface area (Å²) in [6, 6.07) is 15.0. The number of nitrogens with one attached hydrogen (secondary N) is 3. The van der Waals surface area contributed by atoms with Gasteiger partial charge in [0.2, 0.25) is 0 Å². The van der Waals surface area contributed by atoms with E-state index >= 15 is 0 Å². The summed E-state index contributed by atoms with van der Waals surface area (Å²) in [7, 11) is 1.65.